The SMILES string of the molecule is CCC(=O)NCc1ccc(Oc2ccc3c(c2)COB3O)cc1. The molecule has 2 N–H and O–H groups in total. The van der Waals surface area contributed by atoms with Crippen LogP contribution in [-0.2, 0) is 22.6 Å². The molecule has 0 bridgehead atoms. The van der Waals surface area contributed by atoms with Crippen molar-refractivity contribution < 1.29 is 19.2 Å². The highest BCUT2D eigenvalue weighted by Crippen LogP contribution is 2.24. The van der Waals surface area contributed by atoms with Crippen molar-refractivity contribution in [2.24, 2.45) is 0 Å². The van der Waals surface area contributed by atoms with Gasteiger partial charge in [0.25, 0.3) is 0 Å². The maximum atomic E-state index is 11.2. The van der Waals surface area contributed by atoms with E-state index in [0.29, 0.717) is 25.3 Å². The van der Waals surface area contributed by atoms with Crippen molar-refractivity contribution in [3.05, 3.63) is 53.6 Å². The third-order valence-corrected chi connectivity index (χ3v) is 3.75. The van der Waals surface area contributed by atoms with Crippen molar-refractivity contribution >= 4 is 18.5 Å². The van der Waals surface area contributed by atoms with Crippen molar-refractivity contribution in [1.29, 1.82) is 0 Å². The summed E-state index contributed by atoms with van der Waals surface area (Å²) in [4.78, 5) is 11.2. The van der Waals surface area contributed by atoms with Gasteiger partial charge in [0.1, 0.15) is 11.5 Å². The predicted molar refractivity (Wildman–Crippen MR) is 87.5 cm³/mol. The number of benzene rings is 2. The van der Waals surface area contributed by atoms with Gasteiger partial charge in [-0.3, -0.25) is 4.79 Å². The predicted octanol–water partition coefficient (Wildman–Crippen LogP) is 1.72. The average molecular weight is 311 g/mol. The zero-order valence-corrected chi connectivity index (χ0v) is 12.9. The molecular formula is C17H18BNO4. The number of carbonyl (C=O) groups is 1. The van der Waals surface area contributed by atoms with Crippen molar-refractivity contribution in [1.82, 2.24) is 5.32 Å². The van der Waals surface area contributed by atoms with Gasteiger partial charge in [-0.25, -0.2) is 0 Å². The van der Waals surface area contributed by atoms with Crippen LogP contribution in [0.4, 0.5) is 0 Å². The van der Waals surface area contributed by atoms with Crippen LogP contribution < -0.4 is 15.5 Å². The molecule has 23 heavy (non-hydrogen) atoms. The summed E-state index contributed by atoms with van der Waals surface area (Å²) in [7, 11) is -0.836. The molecular weight excluding hydrogens is 293 g/mol. The minimum atomic E-state index is -0.836. The maximum Gasteiger partial charge on any atom is 0.491 e. The first-order valence-electron chi connectivity index (χ1n) is 7.61. The molecule has 0 spiro atoms. The summed E-state index contributed by atoms with van der Waals surface area (Å²) in [6.07, 6.45) is 0.484. The Labute approximate surface area is 135 Å². The fourth-order valence-corrected chi connectivity index (χ4v) is 2.41. The van der Waals surface area contributed by atoms with Gasteiger partial charge in [-0.05, 0) is 40.9 Å². The molecule has 0 unspecified atom stereocenters. The molecule has 0 saturated heterocycles. The Balaban J connectivity index is 1.63. The molecule has 1 heterocycles. The van der Waals surface area contributed by atoms with E-state index < -0.39 is 7.12 Å². The minimum absolute atomic E-state index is 0.0351. The normalized spacial score (nSPS) is 12.9. The second-order valence-corrected chi connectivity index (χ2v) is 5.40. The molecule has 0 fully saturated rings. The van der Waals surface area contributed by atoms with Crippen LogP contribution in [0.3, 0.4) is 0 Å². The molecule has 1 amide bonds. The molecule has 0 radical (unpaired) electrons. The smallest absolute Gasteiger partial charge is 0.457 e. The Morgan fingerprint density at radius 3 is 2.74 bits per heavy atom. The summed E-state index contributed by atoms with van der Waals surface area (Å²) < 4.78 is 11.0. The van der Waals surface area contributed by atoms with Crippen molar-refractivity contribution in [3.8, 4) is 11.5 Å². The zero-order valence-electron chi connectivity index (χ0n) is 12.9. The van der Waals surface area contributed by atoms with Crippen LogP contribution >= 0.6 is 0 Å². The van der Waals surface area contributed by atoms with Gasteiger partial charge < -0.3 is 19.7 Å². The summed E-state index contributed by atoms with van der Waals surface area (Å²) in [5.74, 6) is 1.45. The lowest BCUT2D eigenvalue weighted by Crippen LogP contribution is -2.27. The molecule has 2 aromatic rings. The minimum Gasteiger partial charge on any atom is -0.457 e. The molecule has 2 aromatic carbocycles. The molecule has 118 valence electrons. The van der Waals surface area contributed by atoms with E-state index in [0.717, 1.165) is 22.3 Å². The Hall–Kier alpha value is -2.31. The van der Waals surface area contributed by atoms with E-state index >= 15 is 0 Å². The second-order valence-electron chi connectivity index (χ2n) is 5.40. The summed E-state index contributed by atoms with van der Waals surface area (Å²) >= 11 is 0. The first kappa shape index (κ1) is 15.6. The molecule has 0 aromatic heterocycles. The van der Waals surface area contributed by atoms with Crippen molar-refractivity contribution in [3.63, 3.8) is 0 Å². The van der Waals surface area contributed by atoms with Gasteiger partial charge in [-0.15, -0.1) is 0 Å². The number of ether oxygens (including phenoxy) is 1. The van der Waals surface area contributed by atoms with Crippen molar-refractivity contribution in [2.45, 2.75) is 26.5 Å². The van der Waals surface area contributed by atoms with Crippen molar-refractivity contribution in [2.75, 3.05) is 0 Å². The number of amides is 1. The van der Waals surface area contributed by atoms with E-state index in [1.807, 2.05) is 49.4 Å². The highest BCUT2D eigenvalue weighted by molar-refractivity contribution is 6.61. The highest BCUT2D eigenvalue weighted by atomic mass is 16.5. The Bertz CT molecular complexity index is 702. The largest absolute Gasteiger partial charge is 0.491 e. The third-order valence-electron chi connectivity index (χ3n) is 3.75. The van der Waals surface area contributed by atoms with Crippen LogP contribution in [0.15, 0.2) is 42.5 Å². The highest BCUT2D eigenvalue weighted by Gasteiger charge is 2.27. The van der Waals surface area contributed by atoms with Crippen LogP contribution in [-0.4, -0.2) is 18.0 Å². The standard InChI is InChI=1S/C17H18BNO4/c1-2-17(20)19-10-12-3-5-14(6-4-12)23-15-7-8-16-13(9-15)11-22-18(16)21/h3-9,21H,2,10-11H2,1H3,(H,19,20). The summed E-state index contributed by atoms with van der Waals surface area (Å²) in [6.45, 7) is 2.73. The van der Waals surface area contributed by atoms with Gasteiger partial charge in [0.05, 0.1) is 6.61 Å². The van der Waals surface area contributed by atoms with Crippen LogP contribution in [0.2, 0.25) is 0 Å². The van der Waals surface area contributed by atoms with Crippen LogP contribution in [0.1, 0.15) is 24.5 Å². The van der Waals surface area contributed by atoms with Crippen LogP contribution in [0.5, 0.6) is 11.5 Å². The van der Waals surface area contributed by atoms with Crippen LogP contribution in [0.25, 0.3) is 0 Å². The fraction of sp³-hybridized carbons (Fsp3) is 0.235. The van der Waals surface area contributed by atoms with E-state index in [9.17, 15) is 9.82 Å². The Morgan fingerprint density at radius 1 is 1.26 bits per heavy atom. The molecule has 0 saturated carbocycles. The van der Waals surface area contributed by atoms with E-state index in [1.54, 1.807) is 0 Å². The lowest BCUT2D eigenvalue weighted by molar-refractivity contribution is -0.120. The summed E-state index contributed by atoms with van der Waals surface area (Å²) in [5.41, 5.74) is 2.75. The van der Waals surface area contributed by atoms with Gasteiger partial charge in [0.2, 0.25) is 5.91 Å². The number of nitrogens with one attached hydrogen (secondary N) is 1. The van der Waals surface area contributed by atoms with Crippen LogP contribution in [0, 0.1) is 0 Å². The van der Waals surface area contributed by atoms with Gasteiger partial charge in [-0.2, -0.15) is 0 Å². The zero-order chi connectivity index (χ0) is 16.2. The number of hydrogen-bond acceptors (Lipinski definition) is 4. The maximum absolute atomic E-state index is 11.2. The topological polar surface area (TPSA) is 67.8 Å². The quantitative estimate of drug-likeness (QED) is 0.825. The number of hydrogen-bond donors (Lipinski definition) is 2. The van der Waals surface area contributed by atoms with E-state index in [1.165, 1.54) is 0 Å². The molecule has 1 aliphatic rings. The summed E-state index contributed by atoms with van der Waals surface area (Å²) in [5, 5.41) is 12.4. The molecule has 0 atom stereocenters. The first-order chi connectivity index (χ1) is 11.2. The monoisotopic (exact) mass is 311 g/mol. The lowest BCUT2D eigenvalue weighted by atomic mass is 9.80. The van der Waals surface area contributed by atoms with E-state index in [2.05, 4.69) is 5.32 Å². The first-order valence-corrected chi connectivity index (χ1v) is 7.61. The van der Waals surface area contributed by atoms with Gasteiger partial charge in [0, 0.05) is 13.0 Å². The molecule has 3 rings (SSSR count). The number of rotatable bonds is 5. The fourth-order valence-electron chi connectivity index (χ4n) is 2.41. The van der Waals surface area contributed by atoms with E-state index in [4.69, 9.17) is 9.39 Å². The van der Waals surface area contributed by atoms with Gasteiger partial charge >= 0.3 is 7.12 Å². The second kappa shape index (κ2) is 6.85. The van der Waals surface area contributed by atoms with E-state index in [-0.39, 0.29) is 5.91 Å². The molecule has 1 aliphatic heterocycles. The lowest BCUT2D eigenvalue weighted by Gasteiger charge is -2.09. The van der Waals surface area contributed by atoms with Gasteiger partial charge in [0.15, 0.2) is 0 Å². The average Bonchev–Trinajstić information content (AvgIpc) is 2.94. The number of carbonyl (C=O) groups excluding carboxylic acids is 1. The Kier molecular flexibility index (Phi) is 4.64. The third kappa shape index (κ3) is 3.72. The number of fused-ring (bicyclic) bond motifs is 1. The Morgan fingerprint density at radius 2 is 2.00 bits per heavy atom. The molecule has 0 aliphatic carbocycles. The summed E-state index contributed by atoms with van der Waals surface area (Å²) in [6, 6.07) is 13.1. The molecule has 5 nitrogen and oxygen atoms in total. The van der Waals surface area contributed by atoms with Gasteiger partial charge in [-0.1, -0.05) is 25.1 Å². The molecule has 6 heteroatoms.